The molecule has 1 heterocycles. The zero-order valence-electron chi connectivity index (χ0n) is 23.4. The van der Waals surface area contributed by atoms with E-state index >= 15 is 0 Å². The number of carbonyl (C=O) groups is 3. The molecule has 12 heteroatoms. The minimum Gasteiger partial charge on any atom is -0.466 e. The molecule has 2 aromatic carbocycles. The highest BCUT2D eigenvalue weighted by Gasteiger charge is 2.43. The molecule has 4 rings (SSSR count). The largest absolute Gasteiger partial charge is 0.466 e. The molecule has 1 fully saturated rings. The molecule has 0 radical (unpaired) electrons. The lowest BCUT2D eigenvalue weighted by molar-refractivity contribution is -0.141. The van der Waals surface area contributed by atoms with Gasteiger partial charge >= 0.3 is 12.0 Å². The van der Waals surface area contributed by atoms with Crippen molar-refractivity contribution in [1.82, 2.24) is 20.7 Å². The number of esters is 1. The van der Waals surface area contributed by atoms with Crippen LogP contribution in [0.1, 0.15) is 42.9 Å². The van der Waals surface area contributed by atoms with E-state index in [4.69, 9.17) is 9.47 Å². The van der Waals surface area contributed by atoms with Crippen LogP contribution in [0, 0.1) is 23.0 Å². The van der Waals surface area contributed by atoms with Crippen molar-refractivity contribution in [2.45, 2.75) is 43.2 Å². The molecule has 2 aliphatic rings. The molecule has 2 N–H and O–H groups in total. The Balaban J connectivity index is 1.53. The van der Waals surface area contributed by atoms with Crippen LogP contribution in [0.15, 0.2) is 59.8 Å². The number of methoxy groups -OCH3 is 2. The van der Waals surface area contributed by atoms with Crippen molar-refractivity contribution in [2.24, 2.45) is 0 Å². The SMILES string of the molecule is COCC1=C(C(=O)OC)C(c2ccc(F)c(F)c2)N(N(C=O)CCNC2CCC(C#N)(c3ccccc3)CC2)C(=O)N1. The summed E-state index contributed by atoms with van der Waals surface area (Å²) >= 11 is 0. The highest BCUT2D eigenvalue weighted by atomic mass is 19.2. The molecule has 2 aromatic rings. The van der Waals surface area contributed by atoms with Crippen LogP contribution in [0.3, 0.4) is 0 Å². The highest BCUT2D eigenvalue weighted by Crippen LogP contribution is 2.39. The van der Waals surface area contributed by atoms with Gasteiger partial charge in [-0.15, -0.1) is 0 Å². The third kappa shape index (κ3) is 6.27. The summed E-state index contributed by atoms with van der Waals surface area (Å²) in [5, 5.41) is 18.0. The summed E-state index contributed by atoms with van der Waals surface area (Å²) in [6.07, 6.45) is 3.25. The number of hydrazine groups is 1. The van der Waals surface area contributed by atoms with Crippen LogP contribution >= 0.6 is 0 Å². The van der Waals surface area contributed by atoms with Crippen LogP contribution in [0.25, 0.3) is 0 Å². The van der Waals surface area contributed by atoms with E-state index in [0.717, 1.165) is 47.7 Å². The Morgan fingerprint density at radius 3 is 2.50 bits per heavy atom. The molecule has 1 atom stereocenters. The van der Waals surface area contributed by atoms with Gasteiger partial charge in [0, 0.05) is 19.7 Å². The Labute approximate surface area is 242 Å². The maximum atomic E-state index is 14.3. The number of benzene rings is 2. The van der Waals surface area contributed by atoms with Crippen LogP contribution in [-0.4, -0.2) is 68.4 Å². The predicted molar refractivity (Wildman–Crippen MR) is 147 cm³/mol. The summed E-state index contributed by atoms with van der Waals surface area (Å²) in [7, 11) is 2.51. The summed E-state index contributed by atoms with van der Waals surface area (Å²) in [5.74, 6) is -3.13. The van der Waals surface area contributed by atoms with Crippen molar-refractivity contribution < 1.29 is 32.6 Å². The van der Waals surface area contributed by atoms with Crippen molar-refractivity contribution in [2.75, 3.05) is 33.9 Å². The molecule has 1 unspecified atom stereocenters. The standard InChI is InChI=1S/C30H33F2N5O5/c1-41-17-25-26(28(39)42-2)27(20-8-9-23(31)24(32)16-20)37(29(40)35-25)36(19-38)15-14-34-22-10-12-30(18-33,13-11-22)21-6-4-3-5-7-21/h3-9,16,19,22,27,34H,10-15,17H2,1-2H3,(H,35,40). The molecule has 42 heavy (non-hydrogen) atoms. The van der Waals surface area contributed by atoms with Gasteiger partial charge in [-0.25, -0.2) is 23.4 Å². The lowest BCUT2D eigenvalue weighted by Crippen LogP contribution is -2.58. The average Bonchev–Trinajstić information content (AvgIpc) is 3.01. The normalized spacial score (nSPS) is 22.3. The Hall–Kier alpha value is -4.34. The van der Waals surface area contributed by atoms with Gasteiger partial charge in [-0.1, -0.05) is 36.4 Å². The number of hydrogen-bond donors (Lipinski definition) is 2. The average molecular weight is 582 g/mol. The van der Waals surface area contributed by atoms with Crippen molar-refractivity contribution in [1.29, 1.82) is 5.26 Å². The van der Waals surface area contributed by atoms with Gasteiger partial charge in [-0.3, -0.25) is 9.80 Å². The van der Waals surface area contributed by atoms with E-state index < -0.39 is 35.1 Å². The van der Waals surface area contributed by atoms with E-state index in [9.17, 15) is 28.4 Å². The van der Waals surface area contributed by atoms with E-state index in [1.807, 2.05) is 30.3 Å². The van der Waals surface area contributed by atoms with Crippen LogP contribution < -0.4 is 10.6 Å². The highest BCUT2D eigenvalue weighted by molar-refractivity contribution is 5.95. The van der Waals surface area contributed by atoms with Gasteiger partial charge in [0.05, 0.1) is 43.0 Å². The third-order valence-electron chi connectivity index (χ3n) is 7.81. The summed E-state index contributed by atoms with van der Waals surface area (Å²) in [5.41, 5.74) is 0.490. The van der Waals surface area contributed by atoms with E-state index in [0.29, 0.717) is 19.3 Å². The number of urea groups is 1. The van der Waals surface area contributed by atoms with Gasteiger partial charge in [-0.2, -0.15) is 5.26 Å². The van der Waals surface area contributed by atoms with Crippen LogP contribution in [0.4, 0.5) is 13.6 Å². The molecule has 1 aliphatic heterocycles. The first-order valence-electron chi connectivity index (χ1n) is 13.6. The zero-order chi connectivity index (χ0) is 30.3. The van der Waals surface area contributed by atoms with Gasteiger partial charge in [-0.05, 0) is 48.9 Å². The fraction of sp³-hybridized carbons (Fsp3) is 0.400. The molecule has 10 nitrogen and oxygen atoms in total. The number of halogens is 2. The summed E-state index contributed by atoms with van der Waals surface area (Å²) in [6.45, 7) is 0.121. The summed E-state index contributed by atoms with van der Waals surface area (Å²) in [4.78, 5) is 38.6. The maximum Gasteiger partial charge on any atom is 0.341 e. The van der Waals surface area contributed by atoms with E-state index in [2.05, 4.69) is 16.7 Å². The summed E-state index contributed by atoms with van der Waals surface area (Å²) in [6, 6.07) is 13.2. The monoisotopic (exact) mass is 581 g/mol. The summed E-state index contributed by atoms with van der Waals surface area (Å²) < 4.78 is 38.2. The molecule has 0 aromatic heterocycles. The molecule has 0 saturated heterocycles. The Morgan fingerprint density at radius 2 is 1.90 bits per heavy atom. The fourth-order valence-corrected chi connectivity index (χ4v) is 5.65. The van der Waals surface area contributed by atoms with Crippen molar-refractivity contribution >= 4 is 18.4 Å². The third-order valence-corrected chi connectivity index (χ3v) is 7.81. The van der Waals surface area contributed by atoms with Gasteiger partial charge in [0.2, 0.25) is 6.41 Å². The molecule has 3 amide bonds. The van der Waals surface area contributed by atoms with Crippen molar-refractivity contribution in [3.63, 3.8) is 0 Å². The van der Waals surface area contributed by atoms with Gasteiger partial charge in [0.1, 0.15) is 6.04 Å². The Bertz CT molecular complexity index is 1370. The van der Waals surface area contributed by atoms with E-state index in [-0.39, 0.29) is 42.6 Å². The van der Waals surface area contributed by atoms with Crippen LogP contribution in [0.5, 0.6) is 0 Å². The second-order valence-electron chi connectivity index (χ2n) is 10.2. The second-order valence-corrected chi connectivity index (χ2v) is 10.2. The minimum absolute atomic E-state index is 0.0176. The molecule has 222 valence electrons. The van der Waals surface area contributed by atoms with Gasteiger partial charge < -0.3 is 20.1 Å². The zero-order valence-corrected chi connectivity index (χ0v) is 23.4. The van der Waals surface area contributed by atoms with E-state index in [1.54, 1.807) is 0 Å². The lowest BCUT2D eigenvalue weighted by Gasteiger charge is -2.42. The topological polar surface area (TPSA) is 124 Å². The number of carbonyl (C=O) groups excluding carboxylic acids is 3. The Morgan fingerprint density at radius 1 is 1.19 bits per heavy atom. The van der Waals surface area contributed by atoms with Crippen LogP contribution in [0.2, 0.25) is 0 Å². The second kappa shape index (κ2) is 13.5. The van der Waals surface area contributed by atoms with Gasteiger partial charge in [0.15, 0.2) is 11.6 Å². The molecular formula is C30H33F2N5O5. The molecule has 1 saturated carbocycles. The van der Waals surface area contributed by atoms with Gasteiger partial charge in [0.25, 0.3) is 0 Å². The van der Waals surface area contributed by atoms with Crippen molar-refractivity contribution in [3.05, 3.63) is 82.6 Å². The Kier molecular flexibility index (Phi) is 9.88. The molecule has 0 bridgehead atoms. The predicted octanol–water partition coefficient (Wildman–Crippen LogP) is 3.47. The lowest BCUT2D eigenvalue weighted by atomic mass is 9.69. The molecular weight excluding hydrogens is 548 g/mol. The van der Waals surface area contributed by atoms with Crippen LogP contribution in [-0.2, 0) is 24.5 Å². The smallest absolute Gasteiger partial charge is 0.341 e. The van der Waals surface area contributed by atoms with Crippen molar-refractivity contribution in [3.8, 4) is 6.07 Å². The number of hydrogen-bond acceptors (Lipinski definition) is 7. The fourth-order valence-electron chi connectivity index (χ4n) is 5.65. The van der Waals surface area contributed by atoms with E-state index in [1.165, 1.54) is 13.2 Å². The first-order valence-corrected chi connectivity index (χ1v) is 13.6. The number of rotatable bonds is 11. The number of nitrogens with zero attached hydrogens (tertiary/aromatic N) is 3. The first-order chi connectivity index (χ1) is 20.3. The first kappa shape index (κ1) is 30.6. The number of nitriles is 1. The molecule has 0 spiro atoms. The maximum absolute atomic E-state index is 14.3. The number of amides is 3. The quantitative estimate of drug-likeness (QED) is 0.308. The molecule has 1 aliphatic carbocycles. The minimum atomic E-state index is -1.31. The number of ether oxygens (including phenoxy) is 2. The number of nitrogens with one attached hydrogen (secondary N) is 2.